The predicted molar refractivity (Wildman–Crippen MR) is 39.9 cm³/mol. The predicted octanol–water partition coefficient (Wildman–Crippen LogP) is 1.96. The first-order chi connectivity index (χ1) is 4.20. The van der Waals surface area contributed by atoms with Crippen molar-refractivity contribution in [2.24, 2.45) is 5.73 Å². The molecule has 0 atom stereocenters. The maximum atomic E-state index is 5.67. The van der Waals surface area contributed by atoms with Crippen molar-refractivity contribution in [2.45, 2.75) is 26.7 Å². The Kier molecular flexibility index (Phi) is 1.60. The van der Waals surface area contributed by atoms with Gasteiger partial charge in [-0.25, -0.2) is 0 Å². The molecule has 0 spiro atoms. The molecule has 0 heterocycles. The molecule has 0 unspecified atom stereocenters. The summed E-state index contributed by atoms with van der Waals surface area (Å²) in [6.07, 6.45) is 4.40. The van der Waals surface area contributed by atoms with Crippen molar-refractivity contribution in [3.05, 3.63) is 22.9 Å². The highest BCUT2D eigenvalue weighted by molar-refractivity contribution is 5.29. The van der Waals surface area contributed by atoms with Crippen LogP contribution in [0.5, 0.6) is 0 Å². The largest absolute Gasteiger partial charge is 0.399 e. The number of rotatable bonds is 0. The van der Waals surface area contributed by atoms with Crippen molar-refractivity contribution in [3.8, 4) is 0 Å². The van der Waals surface area contributed by atoms with E-state index in [-0.39, 0.29) is 0 Å². The Labute approximate surface area is 56.2 Å². The van der Waals surface area contributed by atoms with Crippen molar-refractivity contribution in [1.29, 1.82) is 0 Å². The zero-order valence-electron chi connectivity index (χ0n) is 6.07. The van der Waals surface area contributed by atoms with Gasteiger partial charge in [0.15, 0.2) is 0 Å². The lowest BCUT2D eigenvalue weighted by Gasteiger charge is -2.11. The van der Waals surface area contributed by atoms with Gasteiger partial charge in [0.25, 0.3) is 0 Å². The summed E-state index contributed by atoms with van der Waals surface area (Å²) < 4.78 is 0. The maximum absolute atomic E-state index is 5.67. The first-order valence-corrected chi connectivity index (χ1v) is 3.32. The zero-order chi connectivity index (χ0) is 6.85. The molecule has 1 aliphatic rings. The molecule has 50 valence electrons. The molecule has 0 fully saturated rings. The molecule has 9 heavy (non-hydrogen) atoms. The van der Waals surface area contributed by atoms with Gasteiger partial charge in [-0.05, 0) is 32.8 Å². The lowest BCUT2D eigenvalue weighted by Crippen LogP contribution is -2.02. The number of allylic oxidation sites excluding steroid dienone is 3. The lowest BCUT2D eigenvalue weighted by molar-refractivity contribution is 0.882. The minimum Gasteiger partial charge on any atom is -0.399 e. The van der Waals surface area contributed by atoms with Gasteiger partial charge < -0.3 is 5.73 Å². The third-order valence-corrected chi connectivity index (χ3v) is 1.79. The fraction of sp³-hybridized carbons (Fsp3) is 0.500. The van der Waals surface area contributed by atoms with E-state index in [0.29, 0.717) is 0 Å². The number of nitrogens with two attached hydrogens (primary N) is 1. The molecule has 0 bridgehead atoms. The van der Waals surface area contributed by atoms with Crippen molar-refractivity contribution in [3.63, 3.8) is 0 Å². The average molecular weight is 123 g/mol. The van der Waals surface area contributed by atoms with E-state index in [9.17, 15) is 0 Å². The Morgan fingerprint density at radius 1 is 1.33 bits per heavy atom. The van der Waals surface area contributed by atoms with Crippen LogP contribution in [0.4, 0.5) is 0 Å². The lowest BCUT2D eigenvalue weighted by atomic mass is 9.99. The normalized spacial score (nSPS) is 20.0. The van der Waals surface area contributed by atoms with Gasteiger partial charge in [0, 0.05) is 5.70 Å². The van der Waals surface area contributed by atoms with Crippen LogP contribution in [0.25, 0.3) is 0 Å². The van der Waals surface area contributed by atoms with Crippen molar-refractivity contribution >= 4 is 0 Å². The SMILES string of the molecule is CC1=CC(N)=C(C)CC1. The van der Waals surface area contributed by atoms with Crippen LogP contribution in [-0.2, 0) is 0 Å². The summed E-state index contributed by atoms with van der Waals surface area (Å²) >= 11 is 0. The molecule has 1 aliphatic carbocycles. The van der Waals surface area contributed by atoms with E-state index in [1.807, 2.05) is 0 Å². The molecule has 1 nitrogen and oxygen atoms in total. The van der Waals surface area contributed by atoms with Crippen LogP contribution in [0, 0.1) is 0 Å². The standard InChI is InChI=1S/C8H13N/c1-6-3-4-7(2)8(9)5-6/h5H,3-4,9H2,1-2H3. The summed E-state index contributed by atoms with van der Waals surface area (Å²) in [6.45, 7) is 4.22. The van der Waals surface area contributed by atoms with Crippen LogP contribution >= 0.6 is 0 Å². The van der Waals surface area contributed by atoms with Crippen LogP contribution in [0.3, 0.4) is 0 Å². The minimum absolute atomic E-state index is 0.971. The van der Waals surface area contributed by atoms with Crippen LogP contribution in [0.2, 0.25) is 0 Å². The van der Waals surface area contributed by atoms with Gasteiger partial charge in [-0.15, -0.1) is 0 Å². The molecule has 0 aliphatic heterocycles. The Balaban J connectivity index is 2.83. The Morgan fingerprint density at radius 2 is 2.00 bits per heavy atom. The van der Waals surface area contributed by atoms with Gasteiger partial charge in [-0.3, -0.25) is 0 Å². The second-order valence-corrected chi connectivity index (χ2v) is 2.73. The van der Waals surface area contributed by atoms with E-state index in [2.05, 4.69) is 19.9 Å². The summed E-state index contributed by atoms with van der Waals surface area (Å²) in [5.41, 5.74) is 9.38. The summed E-state index contributed by atoms with van der Waals surface area (Å²) in [5, 5.41) is 0. The van der Waals surface area contributed by atoms with E-state index in [1.165, 1.54) is 17.6 Å². The fourth-order valence-corrected chi connectivity index (χ4v) is 0.990. The van der Waals surface area contributed by atoms with Gasteiger partial charge in [0.1, 0.15) is 0 Å². The molecule has 0 amide bonds. The summed E-state index contributed by atoms with van der Waals surface area (Å²) in [5.74, 6) is 0. The second kappa shape index (κ2) is 2.26. The fourth-order valence-electron chi connectivity index (χ4n) is 0.990. The highest BCUT2D eigenvalue weighted by Gasteiger charge is 2.02. The second-order valence-electron chi connectivity index (χ2n) is 2.73. The maximum Gasteiger partial charge on any atom is 0.0302 e. The monoisotopic (exact) mass is 123 g/mol. The van der Waals surface area contributed by atoms with Crippen molar-refractivity contribution in [1.82, 2.24) is 0 Å². The molecule has 1 heteroatoms. The molecular formula is C8H13N. The summed E-state index contributed by atoms with van der Waals surface area (Å²) in [7, 11) is 0. The topological polar surface area (TPSA) is 26.0 Å². The molecular weight excluding hydrogens is 110 g/mol. The molecule has 2 N–H and O–H groups in total. The highest BCUT2D eigenvalue weighted by Crippen LogP contribution is 2.19. The van der Waals surface area contributed by atoms with Gasteiger partial charge in [0.05, 0.1) is 0 Å². The summed E-state index contributed by atoms with van der Waals surface area (Å²) in [4.78, 5) is 0. The van der Waals surface area contributed by atoms with Gasteiger partial charge >= 0.3 is 0 Å². The first kappa shape index (κ1) is 6.40. The Morgan fingerprint density at radius 3 is 2.44 bits per heavy atom. The first-order valence-electron chi connectivity index (χ1n) is 3.32. The third-order valence-electron chi connectivity index (χ3n) is 1.79. The van der Waals surface area contributed by atoms with Crippen LogP contribution in [0.15, 0.2) is 22.9 Å². The van der Waals surface area contributed by atoms with Gasteiger partial charge in [0.2, 0.25) is 0 Å². The quantitative estimate of drug-likeness (QED) is 0.523. The molecule has 0 saturated heterocycles. The Bertz CT molecular complexity index is 175. The van der Waals surface area contributed by atoms with E-state index < -0.39 is 0 Å². The van der Waals surface area contributed by atoms with Crippen molar-refractivity contribution in [2.75, 3.05) is 0 Å². The smallest absolute Gasteiger partial charge is 0.0302 e. The zero-order valence-corrected chi connectivity index (χ0v) is 6.07. The molecule has 0 radical (unpaired) electrons. The van der Waals surface area contributed by atoms with Crippen LogP contribution in [0.1, 0.15) is 26.7 Å². The molecule has 0 aromatic carbocycles. The van der Waals surface area contributed by atoms with E-state index in [1.54, 1.807) is 0 Å². The molecule has 1 rings (SSSR count). The van der Waals surface area contributed by atoms with Gasteiger partial charge in [-0.1, -0.05) is 11.1 Å². The van der Waals surface area contributed by atoms with Crippen LogP contribution in [-0.4, -0.2) is 0 Å². The van der Waals surface area contributed by atoms with E-state index in [4.69, 9.17) is 5.73 Å². The number of hydrogen-bond acceptors (Lipinski definition) is 1. The average Bonchev–Trinajstić information content (AvgIpc) is 1.80. The molecule has 0 saturated carbocycles. The van der Waals surface area contributed by atoms with Crippen LogP contribution < -0.4 is 5.73 Å². The number of hydrogen-bond donors (Lipinski definition) is 1. The molecule has 0 aromatic rings. The minimum atomic E-state index is 0.971. The third kappa shape index (κ3) is 1.35. The summed E-state index contributed by atoms with van der Waals surface area (Å²) in [6, 6.07) is 0. The van der Waals surface area contributed by atoms with Crippen molar-refractivity contribution < 1.29 is 0 Å². The highest BCUT2D eigenvalue weighted by atomic mass is 14.6. The molecule has 0 aromatic heterocycles. The van der Waals surface area contributed by atoms with Gasteiger partial charge in [-0.2, -0.15) is 0 Å². The van der Waals surface area contributed by atoms with E-state index >= 15 is 0 Å². The van der Waals surface area contributed by atoms with E-state index in [0.717, 1.165) is 12.1 Å². The Hall–Kier alpha value is -0.720.